The highest BCUT2D eigenvalue weighted by Gasteiger charge is 2.28. The van der Waals surface area contributed by atoms with E-state index in [1.165, 1.54) is 11.4 Å². The molecule has 2 aromatic rings. The topological polar surface area (TPSA) is 84.9 Å². The van der Waals surface area contributed by atoms with Crippen molar-refractivity contribution < 1.29 is 22.7 Å². The van der Waals surface area contributed by atoms with Gasteiger partial charge in [0, 0.05) is 12.2 Å². The Morgan fingerprint density at radius 1 is 1.12 bits per heavy atom. The van der Waals surface area contributed by atoms with Crippen molar-refractivity contribution >= 4 is 27.3 Å². The molecule has 3 rings (SSSR count). The quantitative estimate of drug-likeness (QED) is 0.836. The lowest BCUT2D eigenvalue weighted by molar-refractivity contribution is -0.118. The third kappa shape index (κ3) is 4.08. The molecule has 7 nitrogen and oxygen atoms in total. The van der Waals surface area contributed by atoms with Gasteiger partial charge in [0.15, 0.2) is 18.1 Å². The molecule has 1 N–H and O–H groups in total. The van der Waals surface area contributed by atoms with Crippen LogP contribution in [0.5, 0.6) is 11.5 Å². The highest BCUT2D eigenvalue weighted by molar-refractivity contribution is 7.93. The van der Waals surface area contributed by atoms with Crippen molar-refractivity contribution in [3.8, 4) is 11.5 Å². The predicted molar refractivity (Wildman–Crippen MR) is 99.3 cm³/mol. The van der Waals surface area contributed by atoms with Crippen molar-refractivity contribution in [1.29, 1.82) is 0 Å². The van der Waals surface area contributed by atoms with E-state index < -0.39 is 10.0 Å². The number of amides is 1. The molecule has 0 aromatic heterocycles. The van der Waals surface area contributed by atoms with Gasteiger partial charge in [-0.25, -0.2) is 8.42 Å². The second kappa shape index (κ2) is 7.65. The molecule has 0 saturated carbocycles. The molecule has 26 heavy (non-hydrogen) atoms. The first-order valence-corrected chi connectivity index (χ1v) is 9.77. The Balaban J connectivity index is 1.58. The third-order valence-corrected chi connectivity index (χ3v) is 5.84. The predicted octanol–water partition coefficient (Wildman–Crippen LogP) is 2.25. The smallest absolute Gasteiger partial charge is 0.262 e. The summed E-state index contributed by atoms with van der Waals surface area (Å²) in [6.07, 6.45) is 0.626. The number of hydrogen-bond acceptors (Lipinski definition) is 5. The average molecular weight is 376 g/mol. The average Bonchev–Trinajstić information content (AvgIpc) is 3.00. The van der Waals surface area contributed by atoms with E-state index in [2.05, 4.69) is 5.32 Å². The molecule has 1 fully saturated rings. The number of carbonyl (C=O) groups is 1. The lowest BCUT2D eigenvalue weighted by atomic mass is 10.2. The van der Waals surface area contributed by atoms with Crippen LogP contribution in [0.25, 0.3) is 0 Å². The monoisotopic (exact) mass is 376 g/mol. The van der Waals surface area contributed by atoms with Crippen LogP contribution in [0.4, 0.5) is 11.4 Å². The van der Waals surface area contributed by atoms with Gasteiger partial charge in [0.2, 0.25) is 10.0 Å². The minimum atomic E-state index is -3.21. The van der Waals surface area contributed by atoms with Crippen molar-refractivity contribution in [1.82, 2.24) is 0 Å². The Bertz CT molecular complexity index is 881. The molecule has 1 aliphatic rings. The van der Waals surface area contributed by atoms with Crippen LogP contribution in [0, 0.1) is 0 Å². The normalized spacial score (nSPS) is 15.5. The van der Waals surface area contributed by atoms with Crippen LogP contribution in [-0.4, -0.2) is 40.3 Å². The summed E-state index contributed by atoms with van der Waals surface area (Å²) in [5.41, 5.74) is 1.17. The number of rotatable bonds is 6. The van der Waals surface area contributed by atoms with Crippen LogP contribution in [0.2, 0.25) is 0 Å². The number of nitrogens with one attached hydrogen (secondary N) is 1. The highest BCUT2D eigenvalue weighted by Crippen LogP contribution is 2.26. The molecular weight excluding hydrogens is 356 g/mol. The van der Waals surface area contributed by atoms with E-state index >= 15 is 0 Å². The number of methoxy groups -OCH3 is 1. The van der Waals surface area contributed by atoms with Crippen molar-refractivity contribution in [3.63, 3.8) is 0 Å². The maximum absolute atomic E-state index is 12.0. The summed E-state index contributed by atoms with van der Waals surface area (Å²) in [4.78, 5) is 12.0. The standard InChI is InChI=1S/C18H20N2O5S/c1-24-16-5-2-3-6-17(16)25-13-18(21)19-14-7-9-15(10-8-14)20-11-4-12-26(20,22)23/h2-3,5-10H,4,11-13H2,1H3,(H,19,21). The van der Waals surface area contributed by atoms with Crippen LogP contribution in [0.3, 0.4) is 0 Å². The molecule has 0 bridgehead atoms. The number of hydrogen-bond donors (Lipinski definition) is 1. The van der Waals surface area contributed by atoms with Crippen LogP contribution >= 0.6 is 0 Å². The van der Waals surface area contributed by atoms with Gasteiger partial charge in [-0.2, -0.15) is 0 Å². The summed E-state index contributed by atoms with van der Waals surface area (Å²) in [7, 11) is -1.68. The first kappa shape index (κ1) is 18.1. The number of anilines is 2. The summed E-state index contributed by atoms with van der Waals surface area (Å²) in [5.74, 6) is 0.889. The molecule has 2 aromatic carbocycles. The van der Waals surface area contributed by atoms with E-state index in [-0.39, 0.29) is 18.3 Å². The third-order valence-electron chi connectivity index (χ3n) is 3.97. The maximum atomic E-state index is 12.0. The Hall–Kier alpha value is -2.74. The Morgan fingerprint density at radius 3 is 2.42 bits per heavy atom. The van der Waals surface area contributed by atoms with Gasteiger partial charge in [-0.05, 0) is 42.8 Å². The van der Waals surface area contributed by atoms with Crippen molar-refractivity contribution in [2.45, 2.75) is 6.42 Å². The van der Waals surface area contributed by atoms with Gasteiger partial charge in [0.1, 0.15) is 0 Å². The van der Waals surface area contributed by atoms with Crippen molar-refractivity contribution in [2.75, 3.05) is 35.6 Å². The van der Waals surface area contributed by atoms with Gasteiger partial charge in [-0.1, -0.05) is 12.1 Å². The molecule has 0 atom stereocenters. The first-order chi connectivity index (χ1) is 12.5. The Morgan fingerprint density at radius 2 is 1.81 bits per heavy atom. The summed E-state index contributed by atoms with van der Waals surface area (Å²) in [6.45, 7) is 0.323. The van der Waals surface area contributed by atoms with Crippen LogP contribution in [0.1, 0.15) is 6.42 Å². The van der Waals surface area contributed by atoms with E-state index in [1.54, 1.807) is 42.5 Å². The lowest BCUT2D eigenvalue weighted by Gasteiger charge is -2.17. The molecule has 0 spiro atoms. The molecule has 138 valence electrons. The fourth-order valence-electron chi connectivity index (χ4n) is 2.72. The van der Waals surface area contributed by atoms with Crippen molar-refractivity contribution in [2.24, 2.45) is 0 Å². The van der Waals surface area contributed by atoms with Gasteiger partial charge in [-0.3, -0.25) is 9.10 Å². The van der Waals surface area contributed by atoms with Crippen LogP contribution in [-0.2, 0) is 14.8 Å². The molecule has 1 aliphatic heterocycles. The van der Waals surface area contributed by atoms with Gasteiger partial charge < -0.3 is 14.8 Å². The molecule has 1 saturated heterocycles. The molecule has 0 radical (unpaired) electrons. The molecular formula is C18H20N2O5S. The molecule has 1 heterocycles. The number of carbonyl (C=O) groups excluding carboxylic acids is 1. The summed E-state index contributed by atoms with van der Waals surface area (Å²) < 4.78 is 35.9. The van der Waals surface area contributed by atoms with E-state index in [0.717, 1.165) is 0 Å². The summed E-state index contributed by atoms with van der Waals surface area (Å²) >= 11 is 0. The zero-order valence-electron chi connectivity index (χ0n) is 14.3. The Kier molecular flexibility index (Phi) is 5.32. The number of para-hydroxylation sites is 2. The van der Waals surface area contributed by atoms with Gasteiger partial charge in [-0.15, -0.1) is 0 Å². The minimum absolute atomic E-state index is 0.164. The summed E-state index contributed by atoms with van der Waals surface area (Å²) in [6, 6.07) is 13.8. The number of ether oxygens (including phenoxy) is 2. The Labute approximate surface area is 152 Å². The van der Waals surface area contributed by atoms with Gasteiger partial charge in [0.25, 0.3) is 5.91 Å². The van der Waals surface area contributed by atoms with E-state index in [9.17, 15) is 13.2 Å². The fourth-order valence-corrected chi connectivity index (χ4v) is 4.28. The van der Waals surface area contributed by atoms with Crippen LogP contribution < -0.4 is 19.1 Å². The lowest BCUT2D eigenvalue weighted by Crippen LogP contribution is -2.25. The van der Waals surface area contributed by atoms with E-state index in [0.29, 0.717) is 35.8 Å². The van der Waals surface area contributed by atoms with E-state index in [1.807, 2.05) is 6.07 Å². The summed E-state index contributed by atoms with van der Waals surface area (Å²) in [5, 5.41) is 2.72. The van der Waals surface area contributed by atoms with Crippen LogP contribution in [0.15, 0.2) is 48.5 Å². The van der Waals surface area contributed by atoms with Crippen molar-refractivity contribution in [3.05, 3.63) is 48.5 Å². The molecule has 0 aliphatic carbocycles. The zero-order chi connectivity index (χ0) is 18.6. The molecule has 1 amide bonds. The molecule has 0 unspecified atom stereocenters. The minimum Gasteiger partial charge on any atom is -0.493 e. The zero-order valence-corrected chi connectivity index (χ0v) is 15.2. The molecule has 8 heteroatoms. The SMILES string of the molecule is COc1ccccc1OCC(=O)Nc1ccc(N2CCCS2(=O)=O)cc1. The van der Waals surface area contributed by atoms with Gasteiger partial charge >= 0.3 is 0 Å². The first-order valence-electron chi connectivity index (χ1n) is 8.16. The second-order valence-corrected chi connectivity index (χ2v) is 7.79. The maximum Gasteiger partial charge on any atom is 0.262 e. The largest absolute Gasteiger partial charge is 0.493 e. The number of nitrogens with zero attached hydrogens (tertiary/aromatic N) is 1. The van der Waals surface area contributed by atoms with E-state index in [4.69, 9.17) is 9.47 Å². The highest BCUT2D eigenvalue weighted by atomic mass is 32.2. The second-order valence-electron chi connectivity index (χ2n) is 5.78. The number of benzene rings is 2. The number of sulfonamides is 1. The van der Waals surface area contributed by atoms with Gasteiger partial charge in [0.05, 0.1) is 18.6 Å². The fraction of sp³-hybridized carbons (Fsp3) is 0.278.